The molecular formula is C22H23N3OS. The first-order chi connectivity index (χ1) is 13.3. The first kappa shape index (κ1) is 16.9. The van der Waals surface area contributed by atoms with Crippen molar-refractivity contribution in [1.29, 1.82) is 0 Å². The minimum atomic E-state index is -0.169. The molecule has 2 aromatic carbocycles. The number of nitrogens with zero attached hydrogens (tertiary/aromatic N) is 2. The van der Waals surface area contributed by atoms with Crippen LogP contribution in [0.4, 0.5) is 0 Å². The zero-order valence-corrected chi connectivity index (χ0v) is 16.2. The number of imidazole rings is 1. The minimum absolute atomic E-state index is 0.169. The molecule has 0 bridgehead atoms. The van der Waals surface area contributed by atoms with E-state index in [4.69, 9.17) is 9.72 Å². The lowest BCUT2D eigenvalue weighted by molar-refractivity contribution is -0.0263. The number of H-pyrrole nitrogens is 1. The summed E-state index contributed by atoms with van der Waals surface area (Å²) in [5.41, 5.74) is 3.21. The molecule has 5 rings (SSSR count). The lowest BCUT2D eigenvalue weighted by Gasteiger charge is -2.31. The topological polar surface area (TPSA) is 41.1 Å². The normalized spacial score (nSPS) is 17.7. The number of aromatic amines is 1. The molecule has 138 valence electrons. The number of likely N-dealkylation sites (tertiary alicyclic amines) is 1. The molecule has 0 radical (unpaired) electrons. The SMILES string of the molecule is CN1CCC(OC(c2ccc3ccsc3c2)c2nc3ccccc3[nH]2)CC1. The Hall–Kier alpha value is -2.21. The van der Waals surface area contributed by atoms with Crippen LogP contribution in [0.5, 0.6) is 0 Å². The van der Waals surface area contributed by atoms with E-state index in [1.165, 1.54) is 15.6 Å². The van der Waals surface area contributed by atoms with Gasteiger partial charge in [-0.25, -0.2) is 4.98 Å². The highest BCUT2D eigenvalue weighted by atomic mass is 32.1. The van der Waals surface area contributed by atoms with E-state index in [1.54, 1.807) is 11.3 Å². The summed E-state index contributed by atoms with van der Waals surface area (Å²) in [6.45, 7) is 2.17. The molecule has 5 heteroatoms. The molecule has 1 fully saturated rings. The van der Waals surface area contributed by atoms with Gasteiger partial charge >= 0.3 is 0 Å². The number of aromatic nitrogens is 2. The van der Waals surface area contributed by atoms with Gasteiger partial charge in [-0.15, -0.1) is 11.3 Å². The van der Waals surface area contributed by atoms with Crippen LogP contribution in [0.1, 0.15) is 30.3 Å². The van der Waals surface area contributed by atoms with Gasteiger partial charge in [-0.05, 0) is 60.5 Å². The maximum Gasteiger partial charge on any atom is 0.141 e. The molecular weight excluding hydrogens is 354 g/mol. The van der Waals surface area contributed by atoms with Crippen LogP contribution in [-0.4, -0.2) is 41.1 Å². The van der Waals surface area contributed by atoms with E-state index >= 15 is 0 Å². The second kappa shape index (κ2) is 7.08. The Labute approximate surface area is 162 Å². The van der Waals surface area contributed by atoms with Gasteiger partial charge in [0.1, 0.15) is 11.9 Å². The number of benzene rings is 2. The molecule has 0 aliphatic carbocycles. The minimum Gasteiger partial charge on any atom is -0.362 e. The third-order valence-electron chi connectivity index (χ3n) is 5.43. The van der Waals surface area contributed by atoms with Crippen LogP contribution in [0.25, 0.3) is 21.1 Å². The Morgan fingerprint density at radius 2 is 2.00 bits per heavy atom. The van der Waals surface area contributed by atoms with Crippen molar-refractivity contribution in [2.45, 2.75) is 25.0 Å². The van der Waals surface area contributed by atoms with Gasteiger partial charge in [-0.3, -0.25) is 0 Å². The zero-order valence-electron chi connectivity index (χ0n) is 15.4. The van der Waals surface area contributed by atoms with Crippen LogP contribution < -0.4 is 0 Å². The van der Waals surface area contributed by atoms with Crippen molar-refractivity contribution < 1.29 is 4.74 Å². The number of hydrogen-bond acceptors (Lipinski definition) is 4. The summed E-state index contributed by atoms with van der Waals surface area (Å²) in [5, 5.41) is 3.43. The summed E-state index contributed by atoms with van der Waals surface area (Å²) in [5.74, 6) is 0.894. The summed E-state index contributed by atoms with van der Waals surface area (Å²) >= 11 is 1.77. The van der Waals surface area contributed by atoms with Crippen molar-refractivity contribution in [2.24, 2.45) is 0 Å². The fraction of sp³-hybridized carbons (Fsp3) is 0.318. The number of hydrogen-bond donors (Lipinski definition) is 1. The van der Waals surface area contributed by atoms with Crippen molar-refractivity contribution in [3.63, 3.8) is 0 Å². The van der Waals surface area contributed by atoms with Gasteiger partial charge in [0.25, 0.3) is 0 Å². The van der Waals surface area contributed by atoms with E-state index in [2.05, 4.69) is 52.6 Å². The molecule has 1 aliphatic rings. The lowest BCUT2D eigenvalue weighted by Crippen LogP contribution is -2.35. The van der Waals surface area contributed by atoms with Gasteiger partial charge in [0.15, 0.2) is 0 Å². The lowest BCUT2D eigenvalue weighted by atomic mass is 10.0. The van der Waals surface area contributed by atoms with Crippen LogP contribution in [0.15, 0.2) is 53.9 Å². The summed E-state index contributed by atoms with van der Waals surface area (Å²) in [4.78, 5) is 10.7. The fourth-order valence-corrected chi connectivity index (χ4v) is 4.68. The van der Waals surface area contributed by atoms with E-state index in [0.29, 0.717) is 0 Å². The molecule has 27 heavy (non-hydrogen) atoms. The molecule has 1 unspecified atom stereocenters. The molecule has 0 saturated carbocycles. The molecule has 4 aromatic rings. The Bertz CT molecular complexity index is 1030. The number of nitrogens with one attached hydrogen (secondary N) is 1. The summed E-state index contributed by atoms with van der Waals surface area (Å²) in [6.07, 6.45) is 2.22. The molecule has 2 aromatic heterocycles. The molecule has 3 heterocycles. The number of thiophene rings is 1. The van der Waals surface area contributed by atoms with Crippen LogP contribution in [0.2, 0.25) is 0 Å². The average molecular weight is 378 g/mol. The number of rotatable bonds is 4. The van der Waals surface area contributed by atoms with Gasteiger partial charge in [0.2, 0.25) is 0 Å². The largest absolute Gasteiger partial charge is 0.362 e. The number of ether oxygens (including phenoxy) is 1. The maximum absolute atomic E-state index is 6.65. The summed E-state index contributed by atoms with van der Waals surface area (Å²) in [6, 6.07) is 17.0. The Morgan fingerprint density at radius 3 is 2.85 bits per heavy atom. The maximum atomic E-state index is 6.65. The Kier molecular flexibility index (Phi) is 4.44. The highest BCUT2D eigenvalue weighted by molar-refractivity contribution is 7.17. The van der Waals surface area contributed by atoms with Crippen LogP contribution in [-0.2, 0) is 4.74 Å². The van der Waals surface area contributed by atoms with E-state index in [1.807, 2.05) is 18.2 Å². The number of para-hydroxylation sites is 2. The fourth-order valence-electron chi connectivity index (χ4n) is 3.85. The Balaban J connectivity index is 1.53. The van der Waals surface area contributed by atoms with Gasteiger partial charge < -0.3 is 14.6 Å². The average Bonchev–Trinajstić information content (AvgIpc) is 3.33. The quantitative estimate of drug-likeness (QED) is 0.545. The molecule has 1 aliphatic heterocycles. The van der Waals surface area contributed by atoms with Gasteiger partial charge in [0.05, 0.1) is 17.1 Å². The molecule has 1 saturated heterocycles. The summed E-state index contributed by atoms with van der Waals surface area (Å²) < 4.78 is 7.94. The zero-order chi connectivity index (χ0) is 18.2. The van der Waals surface area contributed by atoms with E-state index in [0.717, 1.165) is 42.8 Å². The van der Waals surface area contributed by atoms with Gasteiger partial charge in [-0.2, -0.15) is 0 Å². The van der Waals surface area contributed by atoms with Gasteiger partial charge in [0, 0.05) is 17.8 Å². The molecule has 4 nitrogen and oxygen atoms in total. The van der Waals surface area contributed by atoms with Crippen molar-refractivity contribution in [2.75, 3.05) is 20.1 Å². The van der Waals surface area contributed by atoms with Crippen LogP contribution in [0, 0.1) is 0 Å². The van der Waals surface area contributed by atoms with Crippen molar-refractivity contribution >= 4 is 32.5 Å². The molecule has 1 N–H and O–H groups in total. The van der Waals surface area contributed by atoms with E-state index in [9.17, 15) is 0 Å². The monoisotopic (exact) mass is 377 g/mol. The second-order valence-corrected chi connectivity index (χ2v) is 8.32. The predicted molar refractivity (Wildman–Crippen MR) is 111 cm³/mol. The van der Waals surface area contributed by atoms with Gasteiger partial charge in [-0.1, -0.05) is 24.3 Å². The standard InChI is InChI=1S/C22H23N3OS/c1-25-11-8-17(9-12-25)26-21(16-7-6-15-10-13-27-20(15)14-16)22-23-18-4-2-3-5-19(18)24-22/h2-7,10,13-14,17,21H,8-9,11-12H2,1H3,(H,23,24). The first-order valence-electron chi connectivity index (χ1n) is 9.52. The molecule has 0 spiro atoms. The highest BCUT2D eigenvalue weighted by Crippen LogP contribution is 2.32. The second-order valence-electron chi connectivity index (χ2n) is 7.38. The van der Waals surface area contributed by atoms with Crippen LogP contribution >= 0.6 is 11.3 Å². The smallest absolute Gasteiger partial charge is 0.141 e. The van der Waals surface area contributed by atoms with Crippen molar-refractivity contribution in [1.82, 2.24) is 14.9 Å². The molecule has 0 amide bonds. The molecule has 1 atom stereocenters. The highest BCUT2D eigenvalue weighted by Gasteiger charge is 2.26. The third-order valence-corrected chi connectivity index (χ3v) is 6.31. The Morgan fingerprint density at radius 1 is 1.15 bits per heavy atom. The van der Waals surface area contributed by atoms with Crippen molar-refractivity contribution in [3.8, 4) is 0 Å². The predicted octanol–water partition coefficient (Wildman–Crippen LogP) is 4.98. The van der Waals surface area contributed by atoms with E-state index < -0.39 is 0 Å². The summed E-state index contributed by atoms with van der Waals surface area (Å²) in [7, 11) is 2.18. The third kappa shape index (κ3) is 3.38. The van der Waals surface area contributed by atoms with Crippen molar-refractivity contribution in [3.05, 3.63) is 65.3 Å². The van der Waals surface area contributed by atoms with E-state index in [-0.39, 0.29) is 12.2 Å². The first-order valence-corrected chi connectivity index (χ1v) is 10.4. The number of fused-ring (bicyclic) bond motifs is 2. The number of piperidine rings is 1. The van der Waals surface area contributed by atoms with Crippen LogP contribution in [0.3, 0.4) is 0 Å².